The number of amides is 1. The van der Waals surface area contributed by atoms with Crippen LogP contribution in [-0.2, 0) is 14.8 Å². The van der Waals surface area contributed by atoms with Crippen molar-refractivity contribution >= 4 is 32.5 Å². The number of sulfonamides is 1. The van der Waals surface area contributed by atoms with E-state index in [0.29, 0.717) is 37.1 Å². The van der Waals surface area contributed by atoms with Crippen LogP contribution >= 0.6 is 0 Å². The molecule has 9 heteroatoms. The number of carbonyl (C=O) groups is 1. The minimum Gasteiger partial charge on any atom is -0.368 e. The summed E-state index contributed by atoms with van der Waals surface area (Å²) in [5.41, 5.74) is 3.90. The Kier molecular flexibility index (Phi) is 6.27. The minimum atomic E-state index is -3.85. The van der Waals surface area contributed by atoms with Gasteiger partial charge in [-0.25, -0.2) is 8.42 Å². The molecule has 2 aromatic carbocycles. The van der Waals surface area contributed by atoms with Gasteiger partial charge in [0.2, 0.25) is 21.5 Å². The molecule has 0 aliphatic carbocycles. The highest BCUT2D eigenvalue weighted by Crippen LogP contribution is 2.23. The third-order valence-electron chi connectivity index (χ3n) is 6.09. The van der Waals surface area contributed by atoms with Crippen LogP contribution in [0.4, 0.5) is 5.69 Å². The van der Waals surface area contributed by atoms with Crippen molar-refractivity contribution in [2.24, 2.45) is 0 Å². The van der Waals surface area contributed by atoms with E-state index in [2.05, 4.69) is 41.9 Å². The number of aromatic nitrogens is 1. The van der Waals surface area contributed by atoms with Crippen LogP contribution in [0.2, 0.25) is 0 Å². The number of nitrogens with zero attached hydrogens (tertiary/aromatic N) is 3. The average Bonchev–Trinajstić information content (AvgIpc) is 2.78. The molecule has 0 unspecified atom stereocenters. The molecule has 3 aromatic rings. The zero-order chi connectivity index (χ0) is 23.8. The van der Waals surface area contributed by atoms with Crippen molar-refractivity contribution in [2.45, 2.75) is 18.7 Å². The summed E-state index contributed by atoms with van der Waals surface area (Å²) < 4.78 is 27.2. The van der Waals surface area contributed by atoms with Gasteiger partial charge in [0.1, 0.15) is 0 Å². The van der Waals surface area contributed by atoms with Gasteiger partial charge in [0.05, 0.1) is 11.4 Å². The molecule has 0 saturated carbocycles. The van der Waals surface area contributed by atoms with Gasteiger partial charge < -0.3 is 14.8 Å². The summed E-state index contributed by atoms with van der Waals surface area (Å²) >= 11 is 0. The van der Waals surface area contributed by atoms with Crippen molar-refractivity contribution in [1.29, 1.82) is 0 Å². The molecule has 174 valence electrons. The largest absolute Gasteiger partial charge is 0.368 e. The second kappa shape index (κ2) is 8.99. The van der Waals surface area contributed by atoms with E-state index >= 15 is 0 Å². The predicted molar refractivity (Wildman–Crippen MR) is 129 cm³/mol. The van der Waals surface area contributed by atoms with Gasteiger partial charge in [-0.15, -0.1) is 0 Å². The Morgan fingerprint density at radius 2 is 1.73 bits per heavy atom. The number of pyridine rings is 1. The lowest BCUT2D eigenvalue weighted by molar-refractivity contribution is -0.131. The number of benzene rings is 2. The van der Waals surface area contributed by atoms with E-state index in [1.54, 1.807) is 17.0 Å². The fraction of sp³-hybridized carbons (Fsp3) is 0.333. The fourth-order valence-corrected chi connectivity index (χ4v) is 5.36. The molecule has 1 N–H and O–H groups in total. The van der Waals surface area contributed by atoms with Crippen LogP contribution in [0.1, 0.15) is 11.1 Å². The zero-order valence-corrected chi connectivity index (χ0v) is 19.9. The van der Waals surface area contributed by atoms with Crippen LogP contribution in [0.15, 0.2) is 58.2 Å². The quantitative estimate of drug-likeness (QED) is 0.619. The van der Waals surface area contributed by atoms with Gasteiger partial charge in [-0.1, -0.05) is 17.7 Å². The number of nitrogens with one attached hydrogen (secondary N) is 1. The Morgan fingerprint density at radius 3 is 2.42 bits per heavy atom. The molecule has 0 radical (unpaired) electrons. The van der Waals surface area contributed by atoms with Gasteiger partial charge in [0.25, 0.3) is 0 Å². The first-order valence-corrected chi connectivity index (χ1v) is 12.3. The van der Waals surface area contributed by atoms with E-state index in [9.17, 15) is 18.0 Å². The lowest BCUT2D eigenvalue weighted by Gasteiger charge is -2.37. The number of aryl methyl sites for hydroxylation is 2. The molecule has 0 atom stereocenters. The van der Waals surface area contributed by atoms with Crippen molar-refractivity contribution in [2.75, 3.05) is 44.7 Å². The summed E-state index contributed by atoms with van der Waals surface area (Å²) in [6, 6.07) is 13.8. The number of H-pyrrole nitrogens is 1. The molecule has 1 aliphatic rings. The molecule has 1 saturated heterocycles. The predicted octanol–water partition coefficient (Wildman–Crippen LogP) is 2.11. The van der Waals surface area contributed by atoms with E-state index in [0.717, 1.165) is 4.31 Å². The highest BCUT2D eigenvalue weighted by Gasteiger charge is 2.27. The smallest absolute Gasteiger partial charge is 0.248 e. The third kappa shape index (κ3) is 4.79. The van der Waals surface area contributed by atoms with Crippen molar-refractivity contribution in [3.8, 4) is 0 Å². The summed E-state index contributed by atoms with van der Waals surface area (Å²) in [5, 5.41) is 0.609. The van der Waals surface area contributed by atoms with E-state index in [1.807, 2.05) is 0 Å². The van der Waals surface area contributed by atoms with Gasteiger partial charge >= 0.3 is 0 Å². The third-order valence-corrected chi connectivity index (χ3v) is 7.89. The number of piperazine rings is 1. The second-order valence-corrected chi connectivity index (χ2v) is 10.5. The lowest BCUT2D eigenvalue weighted by atomic mass is 10.1. The topological polar surface area (TPSA) is 93.8 Å². The van der Waals surface area contributed by atoms with Crippen LogP contribution in [0, 0.1) is 13.8 Å². The lowest BCUT2D eigenvalue weighted by Crippen LogP contribution is -2.51. The van der Waals surface area contributed by atoms with E-state index in [4.69, 9.17) is 0 Å². The molecule has 1 fully saturated rings. The molecular weight excluding hydrogens is 440 g/mol. The number of carbonyl (C=O) groups excluding carboxylic acids is 1. The number of hydrogen-bond acceptors (Lipinski definition) is 5. The first-order valence-electron chi connectivity index (χ1n) is 10.8. The van der Waals surface area contributed by atoms with Crippen molar-refractivity contribution in [3.63, 3.8) is 0 Å². The zero-order valence-electron chi connectivity index (χ0n) is 19.0. The summed E-state index contributed by atoms with van der Waals surface area (Å²) in [6.07, 6.45) is 0. The molecular formula is C24H28N4O4S. The Hall–Kier alpha value is -3.17. The average molecular weight is 469 g/mol. The summed E-state index contributed by atoms with van der Waals surface area (Å²) in [6.45, 7) is 6.42. The van der Waals surface area contributed by atoms with Gasteiger partial charge in [0, 0.05) is 50.5 Å². The number of aromatic amines is 1. The van der Waals surface area contributed by atoms with Gasteiger partial charge in [-0.05, 0) is 55.1 Å². The first kappa shape index (κ1) is 23.0. The second-order valence-electron chi connectivity index (χ2n) is 8.49. The number of fused-ring (bicyclic) bond motifs is 1. The number of rotatable bonds is 5. The van der Waals surface area contributed by atoms with Gasteiger partial charge in [-0.3, -0.25) is 9.59 Å². The molecule has 4 rings (SSSR count). The van der Waals surface area contributed by atoms with Crippen LogP contribution in [-0.4, -0.2) is 68.3 Å². The molecule has 1 aromatic heterocycles. The molecule has 1 aliphatic heterocycles. The molecule has 8 nitrogen and oxygen atoms in total. The van der Waals surface area contributed by atoms with Crippen molar-refractivity contribution in [3.05, 3.63) is 70.0 Å². The number of hydrogen-bond donors (Lipinski definition) is 1. The van der Waals surface area contributed by atoms with Crippen molar-refractivity contribution < 1.29 is 13.2 Å². The SMILES string of the molecule is Cc1ccc(N2CCN(C(=O)CN(C)S(=O)(=O)c3ccc4[nH]c(=O)ccc4c3)CC2)c(C)c1. The van der Waals surface area contributed by atoms with E-state index in [1.165, 1.54) is 42.1 Å². The molecule has 0 spiro atoms. The van der Waals surface area contributed by atoms with E-state index < -0.39 is 10.0 Å². The fourth-order valence-electron chi connectivity index (χ4n) is 4.21. The Labute approximate surface area is 193 Å². The van der Waals surface area contributed by atoms with Crippen LogP contribution < -0.4 is 10.5 Å². The van der Waals surface area contributed by atoms with Crippen LogP contribution in [0.25, 0.3) is 10.9 Å². The van der Waals surface area contributed by atoms with Crippen molar-refractivity contribution in [1.82, 2.24) is 14.2 Å². The standard InChI is InChI=1S/C24H28N4O4S/c1-17-4-8-22(18(2)14-17)27-10-12-28(13-11-27)24(30)16-26(3)33(31,32)20-6-7-21-19(15-20)5-9-23(29)25-21/h4-9,14-15H,10-13,16H2,1-3H3,(H,25,29). The highest BCUT2D eigenvalue weighted by molar-refractivity contribution is 7.89. The first-order chi connectivity index (χ1) is 15.6. The van der Waals surface area contributed by atoms with Crippen LogP contribution in [0.5, 0.6) is 0 Å². The molecule has 33 heavy (non-hydrogen) atoms. The summed E-state index contributed by atoms with van der Waals surface area (Å²) in [4.78, 5) is 31.0. The van der Waals surface area contributed by atoms with E-state index in [-0.39, 0.29) is 22.9 Å². The Morgan fingerprint density at radius 1 is 1.00 bits per heavy atom. The maximum atomic E-state index is 13.0. The maximum Gasteiger partial charge on any atom is 0.248 e. The van der Waals surface area contributed by atoms with Crippen LogP contribution in [0.3, 0.4) is 0 Å². The summed E-state index contributed by atoms with van der Waals surface area (Å²) in [5.74, 6) is -0.216. The number of anilines is 1. The minimum absolute atomic E-state index is 0.0806. The van der Waals surface area contributed by atoms with Gasteiger partial charge in [-0.2, -0.15) is 4.31 Å². The number of likely N-dealkylation sites (N-methyl/N-ethyl adjacent to an activating group) is 1. The Balaban J connectivity index is 1.41. The normalized spacial score (nSPS) is 14.8. The molecule has 0 bridgehead atoms. The maximum absolute atomic E-state index is 13.0. The molecule has 1 amide bonds. The molecule has 2 heterocycles. The highest BCUT2D eigenvalue weighted by atomic mass is 32.2. The summed E-state index contributed by atoms with van der Waals surface area (Å²) in [7, 11) is -2.44. The Bertz CT molecular complexity index is 1360. The van der Waals surface area contributed by atoms with Gasteiger partial charge in [0.15, 0.2) is 0 Å². The monoisotopic (exact) mass is 468 g/mol.